The molecule has 2 saturated heterocycles. The van der Waals surface area contributed by atoms with Crippen molar-refractivity contribution < 1.29 is 4.79 Å². The lowest BCUT2D eigenvalue weighted by Gasteiger charge is -2.40. The number of piperazine rings is 1. The van der Waals surface area contributed by atoms with Crippen LogP contribution in [0, 0.1) is 0 Å². The number of hydrogen-bond acceptors (Lipinski definition) is 3. The highest BCUT2D eigenvalue weighted by Gasteiger charge is 2.40. The molecule has 3 heterocycles. The Hall–Kier alpha value is -1.42. The van der Waals surface area contributed by atoms with Crippen molar-refractivity contribution in [2.75, 3.05) is 13.1 Å². The molecule has 2 aliphatic heterocycles. The summed E-state index contributed by atoms with van der Waals surface area (Å²) >= 11 is 0. The Morgan fingerprint density at radius 2 is 2.11 bits per heavy atom. The van der Waals surface area contributed by atoms with Gasteiger partial charge in [-0.05, 0) is 24.5 Å². The van der Waals surface area contributed by atoms with Gasteiger partial charge in [0.15, 0.2) is 0 Å². The first kappa shape index (κ1) is 11.7. The van der Waals surface area contributed by atoms with Gasteiger partial charge in [0.1, 0.15) is 0 Å². The molecule has 0 N–H and O–H groups in total. The summed E-state index contributed by atoms with van der Waals surface area (Å²) < 4.78 is 0. The van der Waals surface area contributed by atoms with Crippen molar-refractivity contribution in [3.8, 4) is 0 Å². The fraction of sp³-hybridized carbons (Fsp3) is 0.571. The van der Waals surface area contributed by atoms with Gasteiger partial charge in [0, 0.05) is 51.0 Å². The molecule has 2 atom stereocenters. The van der Waals surface area contributed by atoms with Crippen molar-refractivity contribution in [2.45, 2.75) is 38.4 Å². The van der Waals surface area contributed by atoms with Gasteiger partial charge in [-0.2, -0.15) is 0 Å². The van der Waals surface area contributed by atoms with Gasteiger partial charge in [-0.25, -0.2) is 0 Å². The van der Waals surface area contributed by atoms with Crippen LogP contribution in [0.15, 0.2) is 24.5 Å². The Morgan fingerprint density at radius 1 is 1.39 bits per heavy atom. The summed E-state index contributed by atoms with van der Waals surface area (Å²) in [5, 5.41) is 0. The quantitative estimate of drug-likeness (QED) is 0.787. The predicted octanol–water partition coefficient (Wildman–Crippen LogP) is 1.28. The molecular formula is C14H19N3O. The van der Waals surface area contributed by atoms with Gasteiger partial charge in [-0.1, -0.05) is 6.07 Å². The number of amides is 1. The zero-order chi connectivity index (χ0) is 12.5. The second kappa shape index (κ2) is 4.69. The van der Waals surface area contributed by atoms with E-state index < -0.39 is 0 Å². The Labute approximate surface area is 108 Å². The summed E-state index contributed by atoms with van der Waals surface area (Å²) in [6, 6.07) is 4.96. The maximum absolute atomic E-state index is 11.6. The number of nitrogens with zero attached hydrogens (tertiary/aromatic N) is 3. The first-order valence-corrected chi connectivity index (χ1v) is 6.64. The molecule has 0 spiro atoms. The fourth-order valence-electron chi connectivity index (χ4n) is 3.38. The van der Waals surface area contributed by atoms with E-state index in [1.165, 1.54) is 5.56 Å². The van der Waals surface area contributed by atoms with E-state index in [4.69, 9.17) is 0 Å². The lowest BCUT2D eigenvalue weighted by molar-refractivity contribution is -0.134. The third-order valence-corrected chi connectivity index (χ3v) is 4.05. The summed E-state index contributed by atoms with van der Waals surface area (Å²) in [4.78, 5) is 20.3. The Bertz CT molecular complexity index is 420. The second-order valence-corrected chi connectivity index (χ2v) is 5.37. The highest BCUT2D eigenvalue weighted by atomic mass is 16.2. The van der Waals surface area contributed by atoms with E-state index >= 15 is 0 Å². The van der Waals surface area contributed by atoms with E-state index in [1.54, 1.807) is 13.1 Å². The Balaban J connectivity index is 1.67. The number of fused-ring (bicyclic) bond motifs is 2. The number of rotatable bonds is 2. The van der Waals surface area contributed by atoms with Crippen LogP contribution in [-0.2, 0) is 11.3 Å². The molecule has 2 unspecified atom stereocenters. The van der Waals surface area contributed by atoms with Gasteiger partial charge in [0.05, 0.1) is 0 Å². The van der Waals surface area contributed by atoms with Crippen molar-refractivity contribution in [1.29, 1.82) is 0 Å². The van der Waals surface area contributed by atoms with Gasteiger partial charge in [-0.3, -0.25) is 14.7 Å². The number of aromatic nitrogens is 1. The molecule has 4 heteroatoms. The average molecular weight is 245 g/mol. The lowest BCUT2D eigenvalue weighted by atomic mass is 10.1. The zero-order valence-corrected chi connectivity index (χ0v) is 10.7. The largest absolute Gasteiger partial charge is 0.334 e. The minimum Gasteiger partial charge on any atom is -0.334 e. The number of carbonyl (C=O) groups excluding carboxylic acids is 1. The van der Waals surface area contributed by atoms with Crippen molar-refractivity contribution in [1.82, 2.24) is 14.8 Å². The monoisotopic (exact) mass is 245 g/mol. The molecule has 2 fully saturated rings. The number of pyridine rings is 1. The van der Waals surface area contributed by atoms with E-state index in [0.29, 0.717) is 12.1 Å². The van der Waals surface area contributed by atoms with Crippen molar-refractivity contribution in [3.05, 3.63) is 30.1 Å². The third kappa shape index (κ3) is 2.12. The van der Waals surface area contributed by atoms with Crippen LogP contribution in [0.2, 0.25) is 0 Å². The van der Waals surface area contributed by atoms with Crippen LogP contribution in [0.5, 0.6) is 0 Å². The van der Waals surface area contributed by atoms with Gasteiger partial charge in [0.2, 0.25) is 5.91 Å². The van der Waals surface area contributed by atoms with Gasteiger partial charge in [-0.15, -0.1) is 0 Å². The molecule has 0 radical (unpaired) electrons. The SMILES string of the molecule is CC(=O)N1C2CCC1CN(Cc1cccnc1)C2. The summed E-state index contributed by atoms with van der Waals surface area (Å²) in [6.07, 6.45) is 6.06. The van der Waals surface area contributed by atoms with Gasteiger partial charge >= 0.3 is 0 Å². The van der Waals surface area contributed by atoms with E-state index in [-0.39, 0.29) is 5.91 Å². The molecule has 2 aliphatic rings. The Kier molecular flexibility index (Phi) is 3.04. The highest BCUT2D eigenvalue weighted by Crippen LogP contribution is 2.30. The predicted molar refractivity (Wildman–Crippen MR) is 68.8 cm³/mol. The first-order valence-electron chi connectivity index (χ1n) is 6.64. The second-order valence-electron chi connectivity index (χ2n) is 5.37. The molecule has 1 aromatic heterocycles. The van der Waals surface area contributed by atoms with Crippen LogP contribution in [0.3, 0.4) is 0 Å². The minimum atomic E-state index is 0.239. The zero-order valence-electron chi connectivity index (χ0n) is 10.7. The standard InChI is InChI=1S/C14H19N3O/c1-11(18)17-13-4-5-14(17)10-16(9-13)8-12-3-2-6-15-7-12/h2-3,6-7,13-14H,4-5,8-10H2,1H3. The minimum absolute atomic E-state index is 0.239. The number of hydrogen-bond donors (Lipinski definition) is 0. The third-order valence-electron chi connectivity index (χ3n) is 4.05. The Morgan fingerprint density at radius 3 is 2.67 bits per heavy atom. The van der Waals surface area contributed by atoms with Crippen LogP contribution in [-0.4, -0.2) is 45.9 Å². The molecule has 3 rings (SSSR count). The summed E-state index contributed by atoms with van der Waals surface area (Å²) in [5.41, 5.74) is 1.26. The molecule has 18 heavy (non-hydrogen) atoms. The molecular weight excluding hydrogens is 226 g/mol. The van der Waals surface area contributed by atoms with Gasteiger partial charge in [0.25, 0.3) is 0 Å². The normalized spacial score (nSPS) is 27.5. The van der Waals surface area contributed by atoms with E-state index in [1.807, 2.05) is 12.3 Å². The molecule has 0 saturated carbocycles. The van der Waals surface area contributed by atoms with E-state index in [2.05, 4.69) is 20.9 Å². The van der Waals surface area contributed by atoms with Crippen LogP contribution in [0.4, 0.5) is 0 Å². The average Bonchev–Trinajstić information content (AvgIpc) is 2.63. The molecule has 0 aromatic carbocycles. The molecule has 2 bridgehead atoms. The van der Waals surface area contributed by atoms with E-state index in [9.17, 15) is 4.79 Å². The highest BCUT2D eigenvalue weighted by molar-refractivity contribution is 5.74. The van der Waals surface area contributed by atoms with Crippen LogP contribution in [0.1, 0.15) is 25.3 Å². The van der Waals surface area contributed by atoms with Crippen LogP contribution in [0.25, 0.3) is 0 Å². The van der Waals surface area contributed by atoms with Gasteiger partial charge < -0.3 is 4.90 Å². The fourth-order valence-corrected chi connectivity index (χ4v) is 3.38. The topological polar surface area (TPSA) is 36.4 Å². The summed E-state index contributed by atoms with van der Waals surface area (Å²) in [6.45, 7) is 4.66. The first-order chi connectivity index (χ1) is 8.74. The maximum Gasteiger partial charge on any atom is 0.220 e. The smallest absolute Gasteiger partial charge is 0.220 e. The maximum atomic E-state index is 11.6. The van der Waals surface area contributed by atoms with Crippen LogP contribution >= 0.6 is 0 Å². The molecule has 1 amide bonds. The van der Waals surface area contributed by atoms with E-state index in [0.717, 1.165) is 32.5 Å². The lowest BCUT2D eigenvalue weighted by Crippen LogP contribution is -2.54. The van der Waals surface area contributed by atoms with Crippen molar-refractivity contribution in [3.63, 3.8) is 0 Å². The number of carbonyl (C=O) groups is 1. The molecule has 0 aliphatic carbocycles. The van der Waals surface area contributed by atoms with Crippen molar-refractivity contribution in [2.24, 2.45) is 0 Å². The molecule has 4 nitrogen and oxygen atoms in total. The van der Waals surface area contributed by atoms with Crippen LogP contribution < -0.4 is 0 Å². The molecule has 1 aromatic rings. The number of likely N-dealkylation sites (tertiary alicyclic amines) is 1. The van der Waals surface area contributed by atoms with Crippen molar-refractivity contribution >= 4 is 5.91 Å². The molecule has 96 valence electrons. The summed E-state index contributed by atoms with van der Waals surface area (Å²) in [5.74, 6) is 0.239. The summed E-state index contributed by atoms with van der Waals surface area (Å²) in [7, 11) is 0.